The Morgan fingerprint density at radius 1 is 1.07 bits per heavy atom. The number of rotatable bonds is 13. The SMILES string of the molecule is CCC[C@@H](c1ccccc1)[C@H](N)C(=O)Nc1cccc(F)c1CC[C@@H]1CN[C@H](COC(=O)NCc2ccc(F)cc2)CO1. The highest BCUT2D eigenvalue weighted by molar-refractivity contribution is 5.96. The number of morpholine rings is 1. The fourth-order valence-electron chi connectivity index (χ4n) is 5.16. The minimum atomic E-state index is -0.784. The molecule has 2 amide bonds. The molecule has 0 aliphatic carbocycles. The van der Waals surface area contributed by atoms with Crippen LogP contribution in [0.15, 0.2) is 72.8 Å². The van der Waals surface area contributed by atoms with Crippen molar-refractivity contribution in [2.75, 3.05) is 25.1 Å². The Kier molecular flexibility index (Phi) is 12.0. The van der Waals surface area contributed by atoms with E-state index in [0.29, 0.717) is 37.2 Å². The van der Waals surface area contributed by atoms with E-state index in [1.807, 2.05) is 30.3 Å². The van der Waals surface area contributed by atoms with Gasteiger partial charge in [0.1, 0.15) is 18.2 Å². The fraction of sp³-hybridized carbons (Fsp3) is 0.394. The Morgan fingerprint density at radius 3 is 2.53 bits per heavy atom. The summed E-state index contributed by atoms with van der Waals surface area (Å²) in [5.74, 6) is -1.24. The molecule has 3 aromatic carbocycles. The van der Waals surface area contributed by atoms with Gasteiger partial charge in [0.05, 0.1) is 24.8 Å². The first kappa shape index (κ1) is 32.1. The Bertz CT molecular complexity index is 1320. The van der Waals surface area contributed by atoms with Gasteiger partial charge >= 0.3 is 6.09 Å². The highest BCUT2D eigenvalue weighted by atomic mass is 19.1. The van der Waals surface area contributed by atoms with Crippen LogP contribution in [-0.4, -0.2) is 49.9 Å². The van der Waals surface area contributed by atoms with E-state index in [1.165, 1.54) is 18.2 Å². The quantitative estimate of drug-likeness (QED) is 0.221. The van der Waals surface area contributed by atoms with Crippen molar-refractivity contribution in [2.45, 2.75) is 63.3 Å². The van der Waals surface area contributed by atoms with Gasteiger partial charge in [0.25, 0.3) is 0 Å². The van der Waals surface area contributed by atoms with E-state index in [2.05, 4.69) is 22.9 Å². The van der Waals surface area contributed by atoms with E-state index < -0.39 is 18.0 Å². The van der Waals surface area contributed by atoms with Gasteiger partial charge in [0.15, 0.2) is 0 Å². The van der Waals surface area contributed by atoms with Gasteiger partial charge in [-0.05, 0) is 54.7 Å². The molecule has 43 heavy (non-hydrogen) atoms. The molecular formula is C33H40F2N4O4. The first-order valence-electron chi connectivity index (χ1n) is 14.7. The van der Waals surface area contributed by atoms with Gasteiger partial charge in [-0.25, -0.2) is 13.6 Å². The second-order valence-corrected chi connectivity index (χ2v) is 10.8. The van der Waals surface area contributed by atoms with E-state index in [0.717, 1.165) is 24.0 Å². The molecule has 1 aliphatic heterocycles. The molecule has 0 bridgehead atoms. The summed E-state index contributed by atoms with van der Waals surface area (Å²) in [6.45, 7) is 3.23. The molecule has 4 atom stereocenters. The standard InChI is InChI=1S/C33H40F2N4O4/c1-2-7-27(23-8-4-3-5-9-23)31(36)32(40)39-30-11-6-10-29(35)28(30)17-16-26-19-37-25(20-42-26)21-43-33(41)38-18-22-12-14-24(34)15-13-22/h3-6,8-15,25-27,31,37H,2,7,16-21,36H2,1H3,(H,38,41)(H,39,40)/t25-,26+,27-,31-/m0/s1. The normalized spacial score (nSPS) is 18.0. The summed E-state index contributed by atoms with van der Waals surface area (Å²) in [4.78, 5) is 25.2. The van der Waals surface area contributed by atoms with Crippen LogP contribution in [0.25, 0.3) is 0 Å². The summed E-state index contributed by atoms with van der Waals surface area (Å²) in [5.41, 5.74) is 9.00. The van der Waals surface area contributed by atoms with E-state index in [1.54, 1.807) is 24.3 Å². The van der Waals surface area contributed by atoms with E-state index in [-0.39, 0.29) is 42.9 Å². The van der Waals surface area contributed by atoms with E-state index in [9.17, 15) is 18.4 Å². The number of nitrogens with one attached hydrogen (secondary N) is 3. The van der Waals surface area contributed by atoms with Crippen LogP contribution in [0, 0.1) is 11.6 Å². The second kappa shape index (κ2) is 16.1. The fourth-order valence-corrected chi connectivity index (χ4v) is 5.16. The minimum absolute atomic E-state index is 0.119. The lowest BCUT2D eigenvalue weighted by molar-refractivity contribution is -0.117. The molecular weight excluding hydrogens is 554 g/mol. The van der Waals surface area contributed by atoms with Gasteiger partial charge in [-0.2, -0.15) is 0 Å². The maximum atomic E-state index is 14.9. The van der Waals surface area contributed by atoms with Gasteiger partial charge in [-0.3, -0.25) is 4.79 Å². The molecule has 8 nitrogen and oxygen atoms in total. The first-order valence-corrected chi connectivity index (χ1v) is 14.7. The Balaban J connectivity index is 1.23. The molecule has 1 fully saturated rings. The van der Waals surface area contributed by atoms with Crippen LogP contribution >= 0.6 is 0 Å². The van der Waals surface area contributed by atoms with Crippen LogP contribution in [-0.2, 0) is 27.2 Å². The molecule has 10 heteroatoms. The maximum Gasteiger partial charge on any atom is 0.407 e. The lowest BCUT2D eigenvalue weighted by Gasteiger charge is -2.30. The number of hydrogen-bond acceptors (Lipinski definition) is 6. The molecule has 0 radical (unpaired) electrons. The molecule has 0 aromatic heterocycles. The number of amides is 2. The first-order chi connectivity index (χ1) is 20.8. The zero-order valence-corrected chi connectivity index (χ0v) is 24.4. The zero-order valence-electron chi connectivity index (χ0n) is 24.4. The third-order valence-electron chi connectivity index (χ3n) is 7.59. The Morgan fingerprint density at radius 2 is 1.84 bits per heavy atom. The molecule has 0 saturated carbocycles. The number of carbonyl (C=O) groups is 2. The van der Waals surface area contributed by atoms with Crippen LogP contribution in [0.2, 0.25) is 0 Å². The number of alkyl carbamates (subject to hydrolysis) is 1. The van der Waals surface area contributed by atoms with Crippen molar-refractivity contribution in [2.24, 2.45) is 5.73 Å². The summed E-state index contributed by atoms with van der Waals surface area (Å²) < 4.78 is 39.2. The maximum absolute atomic E-state index is 14.9. The summed E-state index contributed by atoms with van der Waals surface area (Å²) in [6, 6.07) is 19.2. The highest BCUT2D eigenvalue weighted by Crippen LogP contribution is 2.27. The number of anilines is 1. The second-order valence-electron chi connectivity index (χ2n) is 10.8. The number of nitrogens with two attached hydrogens (primary N) is 1. The summed E-state index contributed by atoms with van der Waals surface area (Å²) in [6.07, 6.45) is 1.75. The predicted molar refractivity (Wildman–Crippen MR) is 162 cm³/mol. The van der Waals surface area contributed by atoms with Gasteiger partial charge < -0.3 is 31.2 Å². The average molecular weight is 595 g/mol. The molecule has 3 aromatic rings. The molecule has 5 N–H and O–H groups in total. The number of hydrogen-bond donors (Lipinski definition) is 4. The molecule has 1 saturated heterocycles. The van der Waals surface area contributed by atoms with Crippen molar-refractivity contribution in [3.05, 3.63) is 101 Å². The highest BCUT2D eigenvalue weighted by Gasteiger charge is 2.27. The Hall–Kier alpha value is -3.86. The molecule has 1 aliphatic rings. The van der Waals surface area contributed by atoms with E-state index >= 15 is 0 Å². The molecule has 0 unspecified atom stereocenters. The molecule has 230 valence electrons. The lowest BCUT2D eigenvalue weighted by Crippen LogP contribution is -2.49. The summed E-state index contributed by atoms with van der Waals surface area (Å²) in [7, 11) is 0. The average Bonchev–Trinajstić information content (AvgIpc) is 3.02. The monoisotopic (exact) mass is 594 g/mol. The molecule has 0 spiro atoms. The zero-order chi connectivity index (χ0) is 30.6. The van der Waals surface area contributed by atoms with Crippen molar-refractivity contribution >= 4 is 17.7 Å². The Labute approximate surface area is 251 Å². The van der Waals surface area contributed by atoms with Crippen LogP contribution in [0.1, 0.15) is 48.8 Å². The van der Waals surface area contributed by atoms with Crippen LogP contribution in [0.5, 0.6) is 0 Å². The number of benzene rings is 3. The lowest BCUT2D eigenvalue weighted by atomic mass is 9.87. The van der Waals surface area contributed by atoms with Crippen LogP contribution in [0.4, 0.5) is 19.3 Å². The van der Waals surface area contributed by atoms with Crippen molar-refractivity contribution in [3.63, 3.8) is 0 Å². The number of halogens is 2. The number of carbonyl (C=O) groups excluding carboxylic acids is 2. The van der Waals surface area contributed by atoms with Gasteiger partial charge in [0, 0.05) is 30.3 Å². The van der Waals surface area contributed by atoms with Crippen LogP contribution < -0.4 is 21.7 Å². The third-order valence-corrected chi connectivity index (χ3v) is 7.59. The van der Waals surface area contributed by atoms with E-state index in [4.69, 9.17) is 15.2 Å². The largest absolute Gasteiger partial charge is 0.448 e. The molecule has 1 heterocycles. The third kappa shape index (κ3) is 9.57. The predicted octanol–water partition coefficient (Wildman–Crippen LogP) is 5.03. The van der Waals surface area contributed by atoms with Gasteiger partial charge in [-0.1, -0.05) is 61.9 Å². The summed E-state index contributed by atoms with van der Waals surface area (Å²) >= 11 is 0. The minimum Gasteiger partial charge on any atom is -0.448 e. The van der Waals surface area contributed by atoms with Crippen molar-refractivity contribution in [1.29, 1.82) is 0 Å². The number of ether oxygens (including phenoxy) is 2. The van der Waals surface area contributed by atoms with Gasteiger partial charge in [-0.15, -0.1) is 0 Å². The van der Waals surface area contributed by atoms with Crippen molar-refractivity contribution in [3.8, 4) is 0 Å². The summed E-state index contributed by atoms with van der Waals surface area (Å²) in [5, 5.41) is 8.81. The topological polar surface area (TPSA) is 115 Å². The molecule has 4 rings (SSSR count). The van der Waals surface area contributed by atoms with Crippen molar-refractivity contribution < 1.29 is 27.8 Å². The van der Waals surface area contributed by atoms with Crippen LogP contribution in [0.3, 0.4) is 0 Å². The smallest absolute Gasteiger partial charge is 0.407 e. The van der Waals surface area contributed by atoms with Crippen molar-refractivity contribution in [1.82, 2.24) is 10.6 Å². The van der Waals surface area contributed by atoms with Gasteiger partial charge in [0.2, 0.25) is 5.91 Å².